The average Bonchev–Trinajstić information content (AvgIpc) is 2.92. The van der Waals surface area contributed by atoms with Gasteiger partial charge in [-0.2, -0.15) is 0 Å². The minimum absolute atomic E-state index is 0.157. The van der Waals surface area contributed by atoms with Crippen LogP contribution in [-0.2, 0) is 11.3 Å². The molecule has 5 nitrogen and oxygen atoms in total. The van der Waals surface area contributed by atoms with Crippen LogP contribution in [-0.4, -0.2) is 22.2 Å². The maximum atomic E-state index is 12.7. The van der Waals surface area contributed by atoms with E-state index in [0.29, 0.717) is 23.4 Å². The number of ether oxygens (including phenoxy) is 1. The molecule has 26 heavy (non-hydrogen) atoms. The Morgan fingerprint density at radius 3 is 2.50 bits per heavy atom. The molecule has 0 bridgehead atoms. The van der Waals surface area contributed by atoms with Gasteiger partial charge >= 0.3 is 5.97 Å². The topological polar surface area (TPSA) is 68.5 Å². The van der Waals surface area contributed by atoms with Gasteiger partial charge in [0, 0.05) is 11.9 Å². The first-order chi connectivity index (χ1) is 12.6. The molecule has 1 aromatic carbocycles. The van der Waals surface area contributed by atoms with Crippen LogP contribution >= 0.6 is 0 Å². The summed E-state index contributed by atoms with van der Waals surface area (Å²) in [5, 5.41) is 11.3. The Balaban J connectivity index is 2.18. The third-order valence-electron chi connectivity index (χ3n) is 5.38. The van der Waals surface area contributed by atoms with Crippen molar-refractivity contribution in [3.8, 4) is 5.75 Å². The predicted molar refractivity (Wildman–Crippen MR) is 102 cm³/mol. The molecule has 0 saturated heterocycles. The van der Waals surface area contributed by atoms with E-state index in [1.54, 1.807) is 6.92 Å². The second kappa shape index (κ2) is 7.94. The smallest absolute Gasteiger partial charge is 0.347 e. The van der Waals surface area contributed by atoms with E-state index in [1.165, 1.54) is 35.8 Å². The lowest BCUT2D eigenvalue weighted by Crippen LogP contribution is -2.27. The molecule has 0 amide bonds. The van der Waals surface area contributed by atoms with Crippen molar-refractivity contribution in [3.05, 3.63) is 39.7 Å². The van der Waals surface area contributed by atoms with Gasteiger partial charge in [-0.25, -0.2) is 4.79 Å². The van der Waals surface area contributed by atoms with Crippen LogP contribution in [0.25, 0.3) is 10.9 Å². The molecule has 0 aliphatic heterocycles. The zero-order valence-corrected chi connectivity index (χ0v) is 15.6. The van der Waals surface area contributed by atoms with E-state index < -0.39 is 11.5 Å². The molecule has 1 fully saturated rings. The molecule has 1 aromatic heterocycles. The van der Waals surface area contributed by atoms with E-state index in [1.807, 2.05) is 19.1 Å². The number of aryl methyl sites for hydroxylation is 1. The van der Waals surface area contributed by atoms with Crippen LogP contribution in [0.5, 0.6) is 5.75 Å². The summed E-state index contributed by atoms with van der Waals surface area (Å²) in [6, 6.07) is 5.91. The number of hydrogen-bond donors (Lipinski definition) is 1. The summed E-state index contributed by atoms with van der Waals surface area (Å²) >= 11 is 0. The van der Waals surface area contributed by atoms with Crippen LogP contribution in [0.3, 0.4) is 0 Å². The highest BCUT2D eigenvalue weighted by Gasteiger charge is 2.24. The summed E-state index contributed by atoms with van der Waals surface area (Å²) in [4.78, 5) is 24.9. The van der Waals surface area contributed by atoms with Gasteiger partial charge in [0.05, 0.1) is 12.1 Å². The van der Waals surface area contributed by atoms with Crippen molar-refractivity contribution in [1.82, 2.24) is 4.57 Å². The van der Waals surface area contributed by atoms with Gasteiger partial charge in [0.15, 0.2) is 5.56 Å². The monoisotopic (exact) mass is 357 g/mol. The number of fused-ring (bicyclic) bond motifs is 1. The molecule has 1 saturated carbocycles. The number of esters is 1. The zero-order valence-electron chi connectivity index (χ0n) is 15.6. The molecular formula is C21H27NO4. The maximum Gasteiger partial charge on any atom is 0.347 e. The Morgan fingerprint density at radius 2 is 1.88 bits per heavy atom. The number of aromatic hydroxyl groups is 1. The Morgan fingerprint density at radius 1 is 1.19 bits per heavy atom. The van der Waals surface area contributed by atoms with Gasteiger partial charge < -0.3 is 14.4 Å². The first-order valence-corrected chi connectivity index (χ1v) is 9.65. The fourth-order valence-electron chi connectivity index (χ4n) is 4.03. The van der Waals surface area contributed by atoms with Gasteiger partial charge in [0.25, 0.3) is 5.56 Å². The van der Waals surface area contributed by atoms with Crippen molar-refractivity contribution < 1.29 is 14.6 Å². The Bertz CT molecular complexity index is 860. The third kappa shape index (κ3) is 3.35. The highest BCUT2D eigenvalue weighted by atomic mass is 16.5. The third-order valence-corrected chi connectivity index (χ3v) is 5.38. The van der Waals surface area contributed by atoms with Crippen molar-refractivity contribution in [2.45, 2.75) is 64.8 Å². The van der Waals surface area contributed by atoms with Gasteiger partial charge in [-0.1, -0.05) is 31.7 Å². The van der Waals surface area contributed by atoms with Crippen LogP contribution in [0.2, 0.25) is 0 Å². The van der Waals surface area contributed by atoms with Crippen LogP contribution < -0.4 is 5.56 Å². The highest BCUT2D eigenvalue weighted by Crippen LogP contribution is 2.35. The molecule has 140 valence electrons. The second-order valence-corrected chi connectivity index (χ2v) is 6.96. The van der Waals surface area contributed by atoms with Crippen molar-refractivity contribution in [1.29, 1.82) is 0 Å². The second-order valence-electron chi connectivity index (χ2n) is 6.96. The van der Waals surface area contributed by atoms with E-state index in [2.05, 4.69) is 6.07 Å². The van der Waals surface area contributed by atoms with E-state index in [9.17, 15) is 14.7 Å². The van der Waals surface area contributed by atoms with Gasteiger partial charge in [0.1, 0.15) is 5.75 Å². The molecule has 1 aliphatic carbocycles. The number of nitrogens with zero attached hydrogens (tertiary/aromatic N) is 1. The molecule has 0 atom stereocenters. The van der Waals surface area contributed by atoms with Crippen molar-refractivity contribution in [3.63, 3.8) is 0 Å². The Hall–Kier alpha value is -2.30. The van der Waals surface area contributed by atoms with Crippen LogP contribution in [0.15, 0.2) is 23.0 Å². The van der Waals surface area contributed by atoms with E-state index in [0.717, 1.165) is 12.8 Å². The van der Waals surface area contributed by atoms with Gasteiger partial charge in [-0.05, 0) is 50.3 Å². The normalized spacial score (nSPS) is 15.8. The Kier molecular flexibility index (Phi) is 5.64. The number of carbonyl (C=O) groups is 1. The molecule has 0 unspecified atom stereocenters. The summed E-state index contributed by atoms with van der Waals surface area (Å²) in [7, 11) is 0. The fourth-order valence-corrected chi connectivity index (χ4v) is 4.03. The lowest BCUT2D eigenvalue weighted by molar-refractivity contribution is 0.0520. The Labute approximate surface area is 153 Å². The highest BCUT2D eigenvalue weighted by molar-refractivity contribution is 5.99. The minimum atomic E-state index is -0.765. The SMILES string of the molecule is CCOC(=O)c1c(O)c2cc(C3CCCCCC3)ccc2n(CC)c1=O. The van der Waals surface area contributed by atoms with Gasteiger partial charge in [0.2, 0.25) is 0 Å². The summed E-state index contributed by atoms with van der Waals surface area (Å²) in [6.45, 7) is 4.11. The van der Waals surface area contributed by atoms with E-state index in [-0.39, 0.29) is 17.9 Å². The summed E-state index contributed by atoms with van der Waals surface area (Å²) in [5.74, 6) is -0.558. The summed E-state index contributed by atoms with van der Waals surface area (Å²) in [6.07, 6.45) is 7.28. The number of benzene rings is 1. The van der Waals surface area contributed by atoms with Crippen LogP contribution in [0.4, 0.5) is 0 Å². The molecule has 2 aromatic rings. The van der Waals surface area contributed by atoms with Crippen LogP contribution in [0, 0.1) is 0 Å². The van der Waals surface area contributed by atoms with Gasteiger partial charge in [-0.3, -0.25) is 4.79 Å². The largest absolute Gasteiger partial charge is 0.506 e. The van der Waals surface area contributed by atoms with Gasteiger partial charge in [-0.15, -0.1) is 0 Å². The first kappa shape index (κ1) is 18.5. The molecule has 0 spiro atoms. The van der Waals surface area contributed by atoms with Crippen molar-refractivity contribution >= 4 is 16.9 Å². The number of rotatable bonds is 4. The van der Waals surface area contributed by atoms with E-state index >= 15 is 0 Å². The molecular weight excluding hydrogens is 330 g/mol. The average molecular weight is 357 g/mol. The van der Waals surface area contributed by atoms with E-state index in [4.69, 9.17) is 4.74 Å². The number of aromatic nitrogens is 1. The van der Waals surface area contributed by atoms with Crippen LogP contribution in [0.1, 0.15) is 74.2 Å². The standard InChI is InChI=1S/C21H27NO4/c1-3-22-17-12-11-15(14-9-7-5-6-8-10-14)13-16(17)19(23)18(20(22)24)21(25)26-4-2/h11-14,23H,3-10H2,1-2H3. The maximum absolute atomic E-state index is 12.7. The number of hydrogen-bond acceptors (Lipinski definition) is 4. The molecule has 0 radical (unpaired) electrons. The zero-order chi connectivity index (χ0) is 18.7. The molecule has 5 heteroatoms. The first-order valence-electron chi connectivity index (χ1n) is 9.65. The number of carbonyl (C=O) groups excluding carboxylic acids is 1. The molecule has 1 heterocycles. The summed E-state index contributed by atoms with van der Waals surface area (Å²) < 4.78 is 6.51. The molecule has 1 N–H and O–H groups in total. The lowest BCUT2D eigenvalue weighted by atomic mass is 9.90. The fraction of sp³-hybridized carbons (Fsp3) is 0.524. The number of pyridine rings is 1. The lowest BCUT2D eigenvalue weighted by Gasteiger charge is -2.18. The quantitative estimate of drug-likeness (QED) is 0.653. The molecule has 3 rings (SSSR count). The summed E-state index contributed by atoms with van der Waals surface area (Å²) in [5.41, 5.74) is 1.06. The predicted octanol–water partition coefficient (Wildman–Crippen LogP) is 4.34. The minimum Gasteiger partial charge on any atom is -0.506 e. The molecule has 1 aliphatic rings. The van der Waals surface area contributed by atoms with Crippen molar-refractivity contribution in [2.24, 2.45) is 0 Å². The van der Waals surface area contributed by atoms with Crippen molar-refractivity contribution in [2.75, 3.05) is 6.61 Å².